The predicted molar refractivity (Wildman–Crippen MR) is 260 cm³/mol. The van der Waals surface area contributed by atoms with Crippen LogP contribution in [0.1, 0.15) is 194 Å². The lowest BCUT2D eigenvalue weighted by atomic mass is 10.0. The summed E-state index contributed by atoms with van der Waals surface area (Å²) in [4.78, 5) is 22.7. The van der Waals surface area contributed by atoms with Gasteiger partial charge in [-0.15, -0.1) is 0 Å². The molecular weight excluding hydrogens is 800 g/mol. The fraction of sp³-hybridized carbons (Fsp3) is 0.712. The van der Waals surface area contributed by atoms with Crippen LogP contribution in [0.25, 0.3) is 0 Å². The second-order valence-corrected chi connectivity index (χ2v) is 17.5. The van der Waals surface area contributed by atoms with Gasteiger partial charge in [0, 0.05) is 13.0 Å². The van der Waals surface area contributed by atoms with Gasteiger partial charge in [0.25, 0.3) is 0 Å². The zero-order valence-electron chi connectivity index (χ0n) is 39.3. The predicted octanol–water partition coefficient (Wildman–Crippen LogP) is 14.3. The summed E-state index contributed by atoms with van der Waals surface area (Å²) in [5.41, 5.74) is 0. The Morgan fingerprint density at radius 2 is 0.919 bits per heavy atom. The standard InChI is InChI=1S/C52H91O9P/c1-3-5-7-9-11-13-15-17-19-21-23-24-25-26-27-28-30-32-34-36-38-40-42-44-52(55)61-51(49-60-62(56,57)59-47-50(54)46-53)48-58-45-43-41-39-37-35-33-31-29-22-20-18-16-14-12-10-8-6-4-2/h6,8,12,14-15,17-18,20-21,23,29,31,35,37,50-51,53-54H,3-5,7,9-11,13,16,19,22,24-28,30,32-34,36,38-49H2,1-2H3,(H,56,57)/b8-6-,14-12-,17-15-,20-18-,23-21-,31-29-,37-35-. The van der Waals surface area contributed by atoms with Crippen LogP contribution in [0.3, 0.4) is 0 Å². The molecule has 0 aliphatic rings. The summed E-state index contributed by atoms with van der Waals surface area (Å²) in [6, 6.07) is 0. The molecule has 10 heteroatoms. The average molecular weight is 891 g/mol. The average Bonchev–Trinajstić information content (AvgIpc) is 3.26. The van der Waals surface area contributed by atoms with Crippen molar-refractivity contribution in [2.45, 2.75) is 206 Å². The minimum absolute atomic E-state index is 0.0148. The number of carbonyl (C=O) groups is 1. The highest BCUT2D eigenvalue weighted by atomic mass is 31.2. The van der Waals surface area contributed by atoms with Gasteiger partial charge in [-0.1, -0.05) is 182 Å². The van der Waals surface area contributed by atoms with Crippen molar-refractivity contribution in [3.63, 3.8) is 0 Å². The molecule has 0 radical (unpaired) electrons. The molecule has 3 atom stereocenters. The molecule has 0 saturated heterocycles. The van der Waals surface area contributed by atoms with Crippen molar-refractivity contribution < 1.29 is 43.0 Å². The van der Waals surface area contributed by atoms with Gasteiger partial charge in [0.1, 0.15) is 12.2 Å². The van der Waals surface area contributed by atoms with E-state index in [2.05, 4.69) is 98.9 Å². The maximum absolute atomic E-state index is 12.7. The molecule has 358 valence electrons. The van der Waals surface area contributed by atoms with Gasteiger partial charge in [-0.3, -0.25) is 13.8 Å². The molecule has 0 spiro atoms. The minimum atomic E-state index is -4.54. The number of rotatable bonds is 46. The third-order valence-electron chi connectivity index (χ3n) is 10.1. The first-order valence-electron chi connectivity index (χ1n) is 24.6. The second kappa shape index (κ2) is 48.1. The van der Waals surface area contributed by atoms with Crippen molar-refractivity contribution in [1.82, 2.24) is 0 Å². The van der Waals surface area contributed by atoms with Crippen LogP contribution in [0, 0.1) is 0 Å². The molecule has 0 aromatic carbocycles. The molecule has 3 N–H and O–H groups in total. The number of allylic oxidation sites excluding steroid dienone is 14. The number of unbranched alkanes of at least 4 members (excludes halogenated alkanes) is 18. The van der Waals surface area contributed by atoms with Gasteiger partial charge in [0.05, 0.1) is 26.4 Å². The van der Waals surface area contributed by atoms with Crippen LogP contribution in [-0.2, 0) is 27.9 Å². The minimum Gasteiger partial charge on any atom is -0.457 e. The molecule has 0 rings (SSSR count). The van der Waals surface area contributed by atoms with Crippen molar-refractivity contribution in [1.29, 1.82) is 0 Å². The fourth-order valence-corrected chi connectivity index (χ4v) is 7.14. The van der Waals surface area contributed by atoms with E-state index in [4.69, 9.17) is 23.6 Å². The van der Waals surface area contributed by atoms with Crippen LogP contribution in [-0.4, -0.2) is 66.3 Å². The normalized spacial score (nSPS) is 14.6. The molecule has 0 aliphatic heterocycles. The van der Waals surface area contributed by atoms with Crippen molar-refractivity contribution in [2.24, 2.45) is 0 Å². The third-order valence-corrected chi connectivity index (χ3v) is 11.0. The van der Waals surface area contributed by atoms with Crippen LogP contribution in [0.4, 0.5) is 0 Å². The molecule has 0 aromatic heterocycles. The van der Waals surface area contributed by atoms with Crippen molar-refractivity contribution in [3.8, 4) is 0 Å². The largest absolute Gasteiger partial charge is 0.472 e. The molecule has 62 heavy (non-hydrogen) atoms. The van der Waals surface area contributed by atoms with Crippen molar-refractivity contribution in [2.75, 3.05) is 33.0 Å². The Morgan fingerprint density at radius 1 is 0.516 bits per heavy atom. The molecule has 0 fully saturated rings. The van der Waals surface area contributed by atoms with Crippen LogP contribution >= 0.6 is 7.82 Å². The van der Waals surface area contributed by atoms with E-state index in [0.29, 0.717) is 13.0 Å². The molecule has 0 amide bonds. The van der Waals surface area contributed by atoms with E-state index >= 15 is 0 Å². The first kappa shape index (κ1) is 59.6. The van der Waals surface area contributed by atoms with Gasteiger partial charge >= 0.3 is 13.8 Å². The summed E-state index contributed by atoms with van der Waals surface area (Å²) in [5, 5.41) is 18.4. The highest BCUT2D eigenvalue weighted by Gasteiger charge is 2.26. The van der Waals surface area contributed by atoms with Crippen LogP contribution in [0.15, 0.2) is 85.1 Å². The number of ether oxygens (including phenoxy) is 2. The number of hydrogen-bond donors (Lipinski definition) is 3. The van der Waals surface area contributed by atoms with Crippen molar-refractivity contribution in [3.05, 3.63) is 85.1 Å². The Morgan fingerprint density at radius 3 is 1.39 bits per heavy atom. The molecule has 3 unspecified atom stereocenters. The van der Waals surface area contributed by atoms with E-state index in [1.807, 2.05) is 0 Å². The first-order chi connectivity index (χ1) is 30.3. The summed E-state index contributed by atoms with van der Waals surface area (Å²) in [7, 11) is -4.54. The van der Waals surface area contributed by atoms with E-state index in [1.165, 1.54) is 89.9 Å². The number of phosphoric ester groups is 1. The Kier molecular flexibility index (Phi) is 46.3. The maximum atomic E-state index is 12.7. The number of aliphatic hydroxyl groups excluding tert-OH is 2. The number of phosphoric acid groups is 1. The molecule has 0 aromatic rings. The monoisotopic (exact) mass is 891 g/mol. The van der Waals surface area contributed by atoms with E-state index in [1.54, 1.807) is 0 Å². The molecule has 0 heterocycles. The second-order valence-electron chi connectivity index (χ2n) is 16.1. The Hall–Kier alpha value is -2.36. The Balaban J connectivity index is 4.17. The van der Waals surface area contributed by atoms with Gasteiger partial charge in [-0.25, -0.2) is 4.57 Å². The lowest BCUT2D eigenvalue weighted by molar-refractivity contribution is -0.154. The highest BCUT2D eigenvalue weighted by molar-refractivity contribution is 7.47. The smallest absolute Gasteiger partial charge is 0.457 e. The number of hydrogen-bond acceptors (Lipinski definition) is 8. The van der Waals surface area contributed by atoms with Crippen LogP contribution in [0.2, 0.25) is 0 Å². The van der Waals surface area contributed by atoms with E-state index in [9.17, 15) is 19.4 Å². The quantitative estimate of drug-likeness (QED) is 0.0236. The molecule has 9 nitrogen and oxygen atoms in total. The Bertz CT molecular complexity index is 1240. The lowest BCUT2D eigenvalue weighted by Crippen LogP contribution is -2.29. The zero-order valence-corrected chi connectivity index (χ0v) is 40.2. The summed E-state index contributed by atoms with van der Waals surface area (Å²) in [5.74, 6) is -0.402. The Labute approximate surface area is 379 Å². The summed E-state index contributed by atoms with van der Waals surface area (Å²) >= 11 is 0. The van der Waals surface area contributed by atoms with Gasteiger partial charge in [0.2, 0.25) is 0 Å². The summed E-state index contributed by atoms with van der Waals surface area (Å²) in [6.07, 6.45) is 59.8. The number of carbonyl (C=O) groups excluding carboxylic acids is 1. The molecule has 0 saturated carbocycles. The van der Waals surface area contributed by atoms with Crippen LogP contribution < -0.4 is 0 Å². The highest BCUT2D eigenvalue weighted by Crippen LogP contribution is 2.43. The lowest BCUT2D eigenvalue weighted by Gasteiger charge is -2.20. The van der Waals surface area contributed by atoms with E-state index < -0.39 is 45.8 Å². The molecule has 0 bridgehead atoms. The van der Waals surface area contributed by atoms with Gasteiger partial charge in [-0.05, 0) is 89.9 Å². The SMILES string of the molecule is CC/C=C\C/C=C\C/C=C\C/C=C\C/C=C\CCCCOCC(COP(=O)(O)OCC(O)CO)OC(=O)CCCCCCCCCCCCC/C=C\C/C=C\CCCCCCC. The van der Waals surface area contributed by atoms with E-state index in [-0.39, 0.29) is 13.0 Å². The van der Waals surface area contributed by atoms with Crippen molar-refractivity contribution >= 4 is 13.8 Å². The maximum Gasteiger partial charge on any atom is 0.472 e. The summed E-state index contributed by atoms with van der Waals surface area (Å²) in [6.45, 7) is 3.28. The van der Waals surface area contributed by atoms with E-state index in [0.717, 1.165) is 77.0 Å². The zero-order chi connectivity index (χ0) is 45.3. The molecular formula is C52H91O9P. The fourth-order valence-electron chi connectivity index (χ4n) is 6.35. The number of esters is 1. The third kappa shape index (κ3) is 47.1. The molecule has 0 aliphatic carbocycles. The topological polar surface area (TPSA) is 132 Å². The first-order valence-corrected chi connectivity index (χ1v) is 26.1. The number of aliphatic hydroxyl groups is 2. The van der Waals surface area contributed by atoms with Gasteiger partial charge < -0.3 is 24.6 Å². The van der Waals surface area contributed by atoms with Crippen LogP contribution in [0.5, 0.6) is 0 Å². The van der Waals surface area contributed by atoms with Gasteiger partial charge in [-0.2, -0.15) is 0 Å². The van der Waals surface area contributed by atoms with Gasteiger partial charge in [0.15, 0.2) is 0 Å². The summed E-state index contributed by atoms with van der Waals surface area (Å²) < 4.78 is 33.4.